The molecule has 1 aromatic heterocycles. The molecule has 1 heterocycles. The van der Waals surface area contributed by atoms with Crippen LogP contribution in [-0.4, -0.2) is 17.1 Å². The van der Waals surface area contributed by atoms with Crippen LogP contribution in [0.3, 0.4) is 0 Å². The van der Waals surface area contributed by atoms with Crippen molar-refractivity contribution in [2.75, 3.05) is 7.11 Å². The fraction of sp³-hybridized carbons (Fsp3) is 0.286. The molecule has 0 aliphatic rings. The standard InChI is InChI=1S/C14H18N4O/c1-3-10-6-4-5-7-11(10)12(18-15)13-14(19-2)17-9-8-16-13/h4-9,12,18H,3,15H2,1-2H3. The number of nitrogens with one attached hydrogen (secondary N) is 1. The molecule has 100 valence electrons. The van der Waals surface area contributed by atoms with Crippen LogP contribution in [0.1, 0.15) is 29.8 Å². The second-order valence-corrected chi connectivity index (χ2v) is 4.10. The molecule has 0 amide bonds. The molecule has 5 heteroatoms. The molecule has 1 aromatic carbocycles. The lowest BCUT2D eigenvalue weighted by Crippen LogP contribution is -2.30. The van der Waals surface area contributed by atoms with E-state index in [4.69, 9.17) is 10.6 Å². The highest BCUT2D eigenvalue weighted by Gasteiger charge is 2.21. The second-order valence-electron chi connectivity index (χ2n) is 4.10. The quantitative estimate of drug-likeness (QED) is 0.629. The number of nitrogens with zero attached hydrogens (tertiary/aromatic N) is 2. The zero-order valence-electron chi connectivity index (χ0n) is 11.1. The van der Waals surface area contributed by atoms with Crippen LogP contribution in [0.2, 0.25) is 0 Å². The number of nitrogens with two attached hydrogens (primary N) is 1. The lowest BCUT2D eigenvalue weighted by atomic mass is 9.97. The first-order valence-corrected chi connectivity index (χ1v) is 6.20. The lowest BCUT2D eigenvalue weighted by Gasteiger charge is -2.20. The molecular weight excluding hydrogens is 240 g/mol. The predicted molar refractivity (Wildman–Crippen MR) is 73.6 cm³/mol. The summed E-state index contributed by atoms with van der Waals surface area (Å²) >= 11 is 0. The van der Waals surface area contributed by atoms with E-state index in [2.05, 4.69) is 28.4 Å². The molecule has 19 heavy (non-hydrogen) atoms. The number of hydrogen-bond donors (Lipinski definition) is 2. The molecule has 3 N–H and O–H groups in total. The van der Waals surface area contributed by atoms with E-state index in [9.17, 15) is 0 Å². The maximum atomic E-state index is 5.71. The summed E-state index contributed by atoms with van der Waals surface area (Å²) < 4.78 is 5.25. The highest BCUT2D eigenvalue weighted by molar-refractivity contribution is 5.37. The summed E-state index contributed by atoms with van der Waals surface area (Å²) in [4.78, 5) is 8.51. The van der Waals surface area contributed by atoms with Gasteiger partial charge in [0.1, 0.15) is 5.69 Å². The summed E-state index contributed by atoms with van der Waals surface area (Å²) in [5, 5.41) is 0. The Hall–Kier alpha value is -1.98. The number of hydrazine groups is 1. The third kappa shape index (κ3) is 2.72. The zero-order chi connectivity index (χ0) is 13.7. The molecule has 0 saturated carbocycles. The summed E-state index contributed by atoms with van der Waals surface area (Å²) in [5.41, 5.74) is 5.80. The third-order valence-electron chi connectivity index (χ3n) is 3.07. The van der Waals surface area contributed by atoms with Gasteiger partial charge in [0.15, 0.2) is 0 Å². The summed E-state index contributed by atoms with van der Waals surface area (Å²) in [5.74, 6) is 6.19. The topological polar surface area (TPSA) is 73.1 Å². The smallest absolute Gasteiger partial charge is 0.237 e. The molecule has 1 atom stereocenters. The molecule has 5 nitrogen and oxygen atoms in total. The Bertz CT molecular complexity index is 497. The van der Waals surface area contributed by atoms with Crippen LogP contribution in [0.5, 0.6) is 5.88 Å². The van der Waals surface area contributed by atoms with Gasteiger partial charge in [-0.15, -0.1) is 0 Å². The number of benzene rings is 1. The normalized spacial score (nSPS) is 12.2. The highest BCUT2D eigenvalue weighted by atomic mass is 16.5. The number of aromatic nitrogens is 2. The van der Waals surface area contributed by atoms with Gasteiger partial charge >= 0.3 is 0 Å². The Labute approximate surface area is 112 Å². The molecule has 0 aliphatic heterocycles. The van der Waals surface area contributed by atoms with Gasteiger partial charge in [-0.05, 0) is 17.5 Å². The van der Waals surface area contributed by atoms with Crippen molar-refractivity contribution >= 4 is 0 Å². The van der Waals surface area contributed by atoms with Gasteiger partial charge in [-0.25, -0.2) is 10.4 Å². The van der Waals surface area contributed by atoms with E-state index in [1.807, 2.05) is 18.2 Å². The maximum absolute atomic E-state index is 5.71. The first-order valence-electron chi connectivity index (χ1n) is 6.20. The molecule has 2 rings (SSSR count). The average molecular weight is 258 g/mol. The minimum absolute atomic E-state index is 0.236. The lowest BCUT2D eigenvalue weighted by molar-refractivity contribution is 0.382. The van der Waals surface area contributed by atoms with Gasteiger partial charge < -0.3 is 4.74 Å². The first kappa shape index (κ1) is 13.5. The molecule has 2 aromatic rings. The number of hydrogen-bond acceptors (Lipinski definition) is 5. The summed E-state index contributed by atoms with van der Waals surface area (Å²) in [6, 6.07) is 7.89. The van der Waals surface area contributed by atoms with Gasteiger partial charge in [0.05, 0.1) is 13.2 Å². The highest BCUT2D eigenvalue weighted by Crippen LogP contribution is 2.28. The van der Waals surface area contributed by atoms with Crippen LogP contribution in [0.15, 0.2) is 36.7 Å². The fourth-order valence-corrected chi connectivity index (χ4v) is 2.15. The van der Waals surface area contributed by atoms with E-state index in [-0.39, 0.29) is 6.04 Å². The molecule has 0 bridgehead atoms. The van der Waals surface area contributed by atoms with Gasteiger partial charge in [-0.1, -0.05) is 31.2 Å². The Morgan fingerprint density at radius 3 is 2.68 bits per heavy atom. The van der Waals surface area contributed by atoms with Crippen molar-refractivity contribution in [1.29, 1.82) is 0 Å². The zero-order valence-corrected chi connectivity index (χ0v) is 11.1. The molecule has 0 radical (unpaired) electrons. The van der Waals surface area contributed by atoms with Crippen molar-refractivity contribution in [2.45, 2.75) is 19.4 Å². The largest absolute Gasteiger partial charge is 0.480 e. The van der Waals surface area contributed by atoms with Gasteiger partial charge in [-0.3, -0.25) is 10.8 Å². The fourth-order valence-electron chi connectivity index (χ4n) is 2.15. The Balaban J connectivity index is 2.50. The summed E-state index contributed by atoms with van der Waals surface area (Å²) in [7, 11) is 1.58. The minimum Gasteiger partial charge on any atom is -0.480 e. The molecule has 0 spiro atoms. The maximum Gasteiger partial charge on any atom is 0.237 e. The van der Waals surface area contributed by atoms with Crippen molar-refractivity contribution < 1.29 is 4.74 Å². The van der Waals surface area contributed by atoms with Crippen LogP contribution in [0.25, 0.3) is 0 Å². The average Bonchev–Trinajstić information content (AvgIpc) is 2.49. The second kappa shape index (κ2) is 6.26. The number of methoxy groups -OCH3 is 1. The van der Waals surface area contributed by atoms with Gasteiger partial charge in [0.2, 0.25) is 5.88 Å². The molecule has 0 fully saturated rings. The summed E-state index contributed by atoms with van der Waals surface area (Å²) in [6.45, 7) is 2.11. The van der Waals surface area contributed by atoms with E-state index in [0.717, 1.165) is 12.0 Å². The van der Waals surface area contributed by atoms with Crippen molar-refractivity contribution in [1.82, 2.24) is 15.4 Å². The molecule has 0 aliphatic carbocycles. The summed E-state index contributed by atoms with van der Waals surface area (Å²) in [6.07, 6.45) is 4.16. The SMILES string of the molecule is CCc1ccccc1C(NN)c1nccnc1OC. The Morgan fingerprint density at radius 2 is 2.00 bits per heavy atom. The van der Waals surface area contributed by atoms with Crippen molar-refractivity contribution in [3.05, 3.63) is 53.5 Å². The third-order valence-corrected chi connectivity index (χ3v) is 3.07. The van der Waals surface area contributed by atoms with Gasteiger partial charge in [0, 0.05) is 12.4 Å². The van der Waals surface area contributed by atoms with E-state index < -0.39 is 0 Å². The van der Waals surface area contributed by atoms with Crippen molar-refractivity contribution in [2.24, 2.45) is 5.84 Å². The van der Waals surface area contributed by atoms with E-state index in [1.165, 1.54) is 5.56 Å². The van der Waals surface area contributed by atoms with E-state index in [1.54, 1.807) is 19.5 Å². The predicted octanol–water partition coefficient (Wildman–Crippen LogP) is 1.60. The van der Waals surface area contributed by atoms with Crippen LogP contribution < -0.4 is 16.0 Å². The molecular formula is C14H18N4O. The van der Waals surface area contributed by atoms with E-state index in [0.29, 0.717) is 11.6 Å². The Kier molecular flexibility index (Phi) is 4.43. The van der Waals surface area contributed by atoms with Crippen LogP contribution >= 0.6 is 0 Å². The van der Waals surface area contributed by atoms with Crippen LogP contribution in [-0.2, 0) is 6.42 Å². The van der Waals surface area contributed by atoms with Gasteiger partial charge in [-0.2, -0.15) is 0 Å². The molecule has 1 unspecified atom stereocenters. The van der Waals surface area contributed by atoms with Gasteiger partial charge in [0.25, 0.3) is 0 Å². The minimum atomic E-state index is -0.236. The number of rotatable bonds is 5. The van der Waals surface area contributed by atoms with Crippen LogP contribution in [0.4, 0.5) is 0 Å². The monoisotopic (exact) mass is 258 g/mol. The van der Waals surface area contributed by atoms with Crippen LogP contribution in [0, 0.1) is 0 Å². The molecule has 0 saturated heterocycles. The van der Waals surface area contributed by atoms with Crippen molar-refractivity contribution in [3.8, 4) is 5.88 Å². The van der Waals surface area contributed by atoms with Crippen molar-refractivity contribution in [3.63, 3.8) is 0 Å². The first-order chi connectivity index (χ1) is 9.31. The number of ether oxygens (including phenoxy) is 1. The van der Waals surface area contributed by atoms with E-state index >= 15 is 0 Å². The number of aryl methyl sites for hydroxylation is 1. The Morgan fingerprint density at radius 1 is 1.26 bits per heavy atom.